The summed E-state index contributed by atoms with van der Waals surface area (Å²) in [5, 5.41) is 0. The van der Waals surface area contributed by atoms with Gasteiger partial charge in [0.05, 0.1) is 5.75 Å². The van der Waals surface area contributed by atoms with Crippen LogP contribution < -0.4 is 10.5 Å². The van der Waals surface area contributed by atoms with Gasteiger partial charge >= 0.3 is 0 Å². The molecule has 0 aromatic heterocycles. The summed E-state index contributed by atoms with van der Waals surface area (Å²) in [6, 6.07) is 6.87. The third-order valence-corrected chi connectivity index (χ3v) is 3.80. The number of hydrogen-bond acceptors (Lipinski definition) is 4. The molecule has 18 heavy (non-hydrogen) atoms. The summed E-state index contributed by atoms with van der Waals surface area (Å²) in [5.74, 6) is -0.00472. The maximum absolute atomic E-state index is 11.8. The molecule has 1 aromatic rings. The topological polar surface area (TPSA) is 75.4 Å². The van der Waals surface area contributed by atoms with Crippen LogP contribution in [0, 0.1) is 0 Å². The molecule has 0 atom stereocenters. The Morgan fingerprint density at radius 2 is 1.83 bits per heavy atom. The molecule has 6 heteroatoms. The van der Waals surface area contributed by atoms with Gasteiger partial charge in [0.25, 0.3) is 0 Å². The molecule has 1 rings (SSSR count). The minimum absolute atomic E-state index is 0.00472. The minimum Gasteiger partial charge on any atom is -0.399 e. The normalized spacial score (nSPS) is 11.9. The number of anilines is 1. The van der Waals surface area contributed by atoms with Crippen LogP contribution in [0.4, 0.5) is 5.69 Å². The second-order valence-electron chi connectivity index (χ2n) is 4.55. The number of benzene rings is 1. The molecule has 0 radical (unpaired) electrons. The Bertz CT molecular complexity index is 455. The third-order valence-electron chi connectivity index (χ3n) is 2.44. The average Bonchev–Trinajstić information content (AvgIpc) is 2.27. The summed E-state index contributed by atoms with van der Waals surface area (Å²) < 4.78 is 26.1. The molecule has 0 saturated carbocycles. The Morgan fingerprint density at radius 3 is 2.39 bits per heavy atom. The lowest BCUT2D eigenvalue weighted by Gasteiger charge is -2.10. The van der Waals surface area contributed by atoms with Gasteiger partial charge in [0, 0.05) is 12.2 Å². The smallest absolute Gasteiger partial charge is 0.215 e. The summed E-state index contributed by atoms with van der Waals surface area (Å²) in [6.07, 6.45) is 0.800. The fraction of sp³-hybridized carbons (Fsp3) is 0.500. The second-order valence-corrected chi connectivity index (χ2v) is 6.36. The Labute approximate surface area is 109 Å². The molecule has 0 aliphatic heterocycles. The van der Waals surface area contributed by atoms with E-state index >= 15 is 0 Å². The van der Waals surface area contributed by atoms with Gasteiger partial charge in [0.15, 0.2) is 0 Å². The van der Waals surface area contributed by atoms with E-state index < -0.39 is 10.0 Å². The number of hydrogen-bond donors (Lipinski definition) is 2. The molecule has 3 N–H and O–H groups in total. The Morgan fingerprint density at radius 1 is 1.22 bits per heavy atom. The first-order chi connectivity index (χ1) is 8.39. The van der Waals surface area contributed by atoms with E-state index in [1.807, 2.05) is 19.0 Å². The van der Waals surface area contributed by atoms with Gasteiger partial charge in [-0.3, -0.25) is 0 Å². The van der Waals surface area contributed by atoms with E-state index in [9.17, 15) is 8.42 Å². The van der Waals surface area contributed by atoms with Gasteiger partial charge in [-0.05, 0) is 44.8 Å². The van der Waals surface area contributed by atoms with Crippen molar-refractivity contribution in [3.63, 3.8) is 0 Å². The van der Waals surface area contributed by atoms with Gasteiger partial charge in [-0.2, -0.15) is 0 Å². The van der Waals surface area contributed by atoms with E-state index in [0.717, 1.165) is 18.5 Å². The van der Waals surface area contributed by atoms with Crippen LogP contribution in [0.25, 0.3) is 0 Å². The predicted molar refractivity (Wildman–Crippen MR) is 74.7 cm³/mol. The summed E-state index contributed by atoms with van der Waals surface area (Å²) in [5.41, 5.74) is 6.92. The van der Waals surface area contributed by atoms with Crippen molar-refractivity contribution >= 4 is 15.7 Å². The molecule has 0 unspecified atom stereocenters. The van der Waals surface area contributed by atoms with Crippen LogP contribution in [-0.4, -0.2) is 40.5 Å². The fourth-order valence-electron chi connectivity index (χ4n) is 1.51. The number of nitrogen functional groups attached to an aromatic ring is 1. The highest BCUT2D eigenvalue weighted by atomic mass is 32.2. The molecule has 0 heterocycles. The maximum Gasteiger partial charge on any atom is 0.215 e. The van der Waals surface area contributed by atoms with Crippen molar-refractivity contribution in [2.45, 2.75) is 12.2 Å². The first-order valence-electron chi connectivity index (χ1n) is 5.85. The van der Waals surface area contributed by atoms with Crippen LogP contribution in [0.15, 0.2) is 24.3 Å². The molecular weight excluding hydrogens is 250 g/mol. The van der Waals surface area contributed by atoms with Crippen molar-refractivity contribution < 1.29 is 8.42 Å². The molecule has 0 bridgehead atoms. The van der Waals surface area contributed by atoms with Crippen LogP contribution in [0.2, 0.25) is 0 Å². The lowest BCUT2D eigenvalue weighted by atomic mass is 10.2. The molecule has 1 aromatic carbocycles. The lowest BCUT2D eigenvalue weighted by molar-refractivity contribution is 0.400. The molecule has 5 nitrogen and oxygen atoms in total. The van der Waals surface area contributed by atoms with E-state index in [2.05, 4.69) is 4.72 Å². The van der Waals surface area contributed by atoms with E-state index in [1.54, 1.807) is 24.3 Å². The van der Waals surface area contributed by atoms with Crippen molar-refractivity contribution in [2.75, 3.05) is 32.9 Å². The number of nitrogens with one attached hydrogen (secondary N) is 1. The number of nitrogens with zero attached hydrogens (tertiary/aromatic N) is 1. The number of sulfonamides is 1. The standard InChI is InChI=1S/C12H21N3O2S/c1-15(2)9-3-8-14-18(16,17)10-11-4-6-12(13)7-5-11/h4-7,14H,3,8-10,13H2,1-2H3. The summed E-state index contributed by atoms with van der Waals surface area (Å²) >= 11 is 0. The van der Waals surface area contributed by atoms with Gasteiger partial charge in [0.1, 0.15) is 0 Å². The average molecular weight is 271 g/mol. The summed E-state index contributed by atoms with van der Waals surface area (Å²) in [6.45, 7) is 1.33. The van der Waals surface area contributed by atoms with E-state index in [1.165, 1.54) is 0 Å². The van der Waals surface area contributed by atoms with Crippen LogP contribution in [0.5, 0.6) is 0 Å². The van der Waals surface area contributed by atoms with E-state index in [0.29, 0.717) is 12.2 Å². The number of rotatable bonds is 7. The zero-order valence-corrected chi connectivity index (χ0v) is 11.7. The lowest BCUT2D eigenvalue weighted by Crippen LogP contribution is -2.28. The number of nitrogens with two attached hydrogens (primary N) is 1. The zero-order chi connectivity index (χ0) is 13.6. The van der Waals surface area contributed by atoms with Gasteiger partial charge in [-0.1, -0.05) is 12.1 Å². The molecule has 0 fully saturated rings. The SMILES string of the molecule is CN(C)CCCNS(=O)(=O)Cc1ccc(N)cc1. The Hall–Kier alpha value is -1.11. The monoisotopic (exact) mass is 271 g/mol. The van der Waals surface area contributed by atoms with Crippen molar-refractivity contribution in [1.82, 2.24) is 9.62 Å². The molecule has 102 valence electrons. The molecule has 0 spiro atoms. The Kier molecular flexibility index (Phi) is 5.58. The zero-order valence-electron chi connectivity index (χ0n) is 10.9. The highest BCUT2D eigenvalue weighted by Crippen LogP contribution is 2.08. The molecule has 0 amide bonds. The van der Waals surface area contributed by atoms with Crippen LogP contribution >= 0.6 is 0 Å². The van der Waals surface area contributed by atoms with Crippen molar-refractivity contribution in [2.24, 2.45) is 0 Å². The van der Waals surface area contributed by atoms with Crippen molar-refractivity contribution in [3.05, 3.63) is 29.8 Å². The predicted octanol–water partition coefficient (Wildman–Crippen LogP) is 0.640. The van der Waals surface area contributed by atoms with Gasteiger partial charge < -0.3 is 10.6 Å². The summed E-state index contributed by atoms with van der Waals surface area (Å²) in [7, 11) is 0.668. The molecule has 0 aliphatic carbocycles. The second kappa shape index (κ2) is 6.72. The van der Waals surface area contributed by atoms with Crippen LogP contribution in [0.3, 0.4) is 0 Å². The van der Waals surface area contributed by atoms with Gasteiger partial charge in [-0.25, -0.2) is 13.1 Å². The molecule has 0 aliphatic rings. The highest BCUT2D eigenvalue weighted by Gasteiger charge is 2.10. The first kappa shape index (κ1) is 14.9. The first-order valence-corrected chi connectivity index (χ1v) is 7.51. The van der Waals surface area contributed by atoms with Crippen molar-refractivity contribution in [3.8, 4) is 0 Å². The van der Waals surface area contributed by atoms with E-state index in [-0.39, 0.29) is 5.75 Å². The largest absolute Gasteiger partial charge is 0.399 e. The highest BCUT2D eigenvalue weighted by molar-refractivity contribution is 7.88. The molecule has 0 saturated heterocycles. The summed E-state index contributed by atoms with van der Waals surface area (Å²) in [4.78, 5) is 2.02. The van der Waals surface area contributed by atoms with Gasteiger partial charge in [0.2, 0.25) is 10.0 Å². The third kappa shape index (κ3) is 6.00. The fourth-order valence-corrected chi connectivity index (χ4v) is 2.70. The van der Waals surface area contributed by atoms with Crippen LogP contribution in [0.1, 0.15) is 12.0 Å². The van der Waals surface area contributed by atoms with Crippen molar-refractivity contribution in [1.29, 1.82) is 0 Å². The Balaban J connectivity index is 2.42. The quantitative estimate of drug-likeness (QED) is 0.564. The van der Waals surface area contributed by atoms with Gasteiger partial charge in [-0.15, -0.1) is 0 Å². The maximum atomic E-state index is 11.8. The molecular formula is C12H21N3O2S. The minimum atomic E-state index is -3.25. The van der Waals surface area contributed by atoms with Crippen LogP contribution in [-0.2, 0) is 15.8 Å². The van der Waals surface area contributed by atoms with E-state index in [4.69, 9.17) is 5.73 Å².